The molecule has 1 aliphatic carbocycles. The molecule has 0 aliphatic heterocycles. The minimum atomic E-state index is -0.321. The number of nitrogens with one attached hydrogen (secondary N) is 1. The summed E-state index contributed by atoms with van der Waals surface area (Å²) in [6.45, 7) is 0.248. The molecule has 1 saturated carbocycles. The Bertz CT molecular complexity index is 651. The first-order valence-corrected chi connectivity index (χ1v) is 8.00. The van der Waals surface area contributed by atoms with E-state index in [9.17, 15) is 9.18 Å². The number of carbonyl (C=O) groups excluding carboxylic acids is 1. The van der Waals surface area contributed by atoms with Crippen LogP contribution in [0.4, 0.5) is 9.52 Å². The lowest BCUT2D eigenvalue weighted by Crippen LogP contribution is -2.39. The zero-order valence-corrected chi connectivity index (χ0v) is 12.8. The van der Waals surface area contributed by atoms with E-state index in [1.165, 1.54) is 30.2 Å². The monoisotopic (exact) mass is 307 g/mol. The van der Waals surface area contributed by atoms with Gasteiger partial charge in [0, 0.05) is 13.1 Å². The van der Waals surface area contributed by atoms with Crippen LogP contribution in [0.3, 0.4) is 0 Å². The molecule has 1 aromatic carbocycles. The number of hydrogen-bond donors (Lipinski definition) is 1. The van der Waals surface area contributed by atoms with Crippen LogP contribution in [-0.4, -0.2) is 30.5 Å². The minimum Gasteiger partial charge on any atom is -0.352 e. The predicted molar refractivity (Wildman–Crippen MR) is 83.2 cm³/mol. The summed E-state index contributed by atoms with van der Waals surface area (Å²) in [6.07, 6.45) is 4.53. The number of hydrogen-bond acceptors (Lipinski definition) is 4. The first-order valence-electron chi connectivity index (χ1n) is 7.19. The lowest BCUT2D eigenvalue weighted by atomic mass is 10.2. The van der Waals surface area contributed by atoms with Crippen molar-refractivity contribution < 1.29 is 9.18 Å². The second-order valence-electron chi connectivity index (χ2n) is 5.49. The number of halogens is 1. The quantitative estimate of drug-likeness (QED) is 0.944. The van der Waals surface area contributed by atoms with E-state index in [4.69, 9.17) is 0 Å². The van der Waals surface area contributed by atoms with E-state index in [0.29, 0.717) is 16.7 Å². The number of carbonyl (C=O) groups is 1. The molecule has 3 rings (SSSR count). The maximum Gasteiger partial charge on any atom is 0.239 e. The van der Waals surface area contributed by atoms with Crippen molar-refractivity contribution in [2.75, 3.05) is 18.5 Å². The Balaban J connectivity index is 1.67. The SMILES string of the molecule is CN(CC(=O)NC1CCCC1)c1nc2c(F)cccc2s1. The summed E-state index contributed by atoms with van der Waals surface area (Å²) in [4.78, 5) is 18.1. The number of nitrogens with zero attached hydrogens (tertiary/aromatic N) is 2. The Morgan fingerprint density at radius 3 is 2.95 bits per heavy atom. The second kappa shape index (κ2) is 5.97. The van der Waals surface area contributed by atoms with Gasteiger partial charge in [0.1, 0.15) is 11.3 Å². The molecule has 6 heteroatoms. The van der Waals surface area contributed by atoms with E-state index in [1.54, 1.807) is 11.0 Å². The van der Waals surface area contributed by atoms with Gasteiger partial charge in [-0.2, -0.15) is 0 Å². The van der Waals surface area contributed by atoms with Crippen molar-refractivity contribution in [1.29, 1.82) is 0 Å². The van der Waals surface area contributed by atoms with Crippen molar-refractivity contribution >= 4 is 32.6 Å². The number of likely N-dealkylation sites (N-methyl/N-ethyl adjacent to an activating group) is 1. The molecular formula is C15H18FN3OS. The van der Waals surface area contributed by atoms with Crippen molar-refractivity contribution in [2.45, 2.75) is 31.7 Å². The molecule has 0 bridgehead atoms. The van der Waals surface area contributed by atoms with Crippen molar-refractivity contribution in [3.63, 3.8) is 0 Å². The van der Waals surface area contributed by atoms with Gasteiger partial charge in [0.15, 0.2) is 5.13 Å². The van der Waals surface area contributed by atoms with Gasteiger partial charge >= 0.3 is 0 Å². The third-order valence-corrected chi connectivity index (χ3v) is 4.92. The summed E-state index contributed by atoms with van der Waals surface area (Å²) in [5.74, 6) is -0.317. The first-order chi connectivity index (χ1) is 10.1. The van der Waals surface area contributed by atoms with Gasteiger partial charge in [0.2, 0.25) is 5.91 Å². The molecule has 112 valence electrons. The fourth-order valence-corrected chi connectivity index (χ4v) is 3.63. The highest BCUT2D eigenvalue weighted by atomic mass is 32.1. The van der Waals surface area contributed by atoms with Gasteiger partial charge in [0.05, 0.1) is 11.2 Å². The number of rotatable bonds is 4. The molecule has 1 N–H and O–H groups in total. The molecule has 0 saturated heterocycles. The maximum absolute atomic E-state index is 13.6. The summed E-state index contributed by atoms with van der Waals surface area (Å²) in [6, 6.07) is 5.23. The van der Waals surface area contributed by atoms with Crippen LogP contribution in [0.25, 0.3) is 10.2 Å². The number of aromatic nitrogens is 1. The van der Waals surface area contributed by atoms with E-state index in [0.717, 1.165) is 17.5 Å². The largest absolute Gasteiger partial charge is 0.352 e. The summed E-state index contributed by atoms with van der Waals surface area (Å²) >= 11 is 1.40. The van der Waals surface area contributed by atoms with Crippen LogP contribution in [0.15, 0.2) is 18.2 Å². The number of para-hydroxylation sites is 1. The molecule has 2 aromatic rings. The normalized spacial score (nSPS) is 15.5. The molecule has 1 heterocycles. The number of amides is 1. The molecule has 0 unspecified atom stereocenters. The van der Waals surface area contributed by atoms with Gasteiger partial charge in [0.25, 0.3) is 0 Å². The second-order valence-corrected chi connectivity index (χ2v) is 6.50. The third-order valence-electron chi connectivity index (χ3n) is 3.79. The first kappa shape index (κ1) is 14.3. The maximum atomic E-state index is 13.6. The van der Waals surface area contributed by atoms with Crippen LogP contribution in [0.2, 0.25) is 0 Å². The molecule has 0 spiro atoms. The fraction of sp³-hybridized carbons (Fsp3) is 0.467. The van der Waals surface area contributed by atoms with E-state index < -0.39 is 0 Å². The zero-order chi connectivity index (χ0) is 14.8. The molecular weight excluding hydrogens is 289 g/mol. The number of anilines is 1. The third kappa shape index (κ3) is 3.15. The molecule has 21 heavy (non-hydrogen) atoms. The summed E-state index contributed by atoms with van der Waals surface area (Å²) in [5.41, 5.74) is 0.376. The Kier molecular flexibility index (Phi) is 4.05. The Morgan fingerprint density at radius 2 is 2.24 bits per heavy atom. The zero-order valence-electron chi connectivity index (χ0n) is 11.9. The molecule has 0 radical (unpaired) electrons. The smallest absolute Gasteiger partial charge is 0.239 e. The predicted octanol–water partition coefficient (Wildman–Crippen LogP) is 2.93. The molecule has 1 amide bonds. The summed E-state index contributed by atoms with van der Waals surface area (Å²) in [5, 5.41) is 3.71. The topological polar surface area (TPSA) is 45.2 Å². The summed E-state index contributed by atoms with van der Waals surface area (Å²) in [7, 11) is 1.81. The molecule has 1 aromatic heterocycles. The average Bonchev–Trinajstić information content (AvgIpc) is 3.07. The van der Waals surface area contributed by atoms with Crippen LogP contribution in [0, 0.1) is 5.82 Å². The Morgan fingerprint density at radius 1 is 1.48 bits per heavy atom. The standard InChI is InChI=1S/C15H18FN3OS/c1-19(9-13(20)17-10-5-2-3-6-10)15-18-14-11(16)7-4-8-12(14)21-15/h4,7-8,10H,2-3,5-6,9H2,1H3,(H,17,20). The lowest BCUT2D eigenvalue weighted by Gasteiger charge is -2.17. The molecule has 4 nitrogen and oxygen atoms in total. The lowest BCUT2D eigenvalue weighted by molar-refractivity contribution is -0.120. The fourth-order valence-electron chi connectivity index (χ4n) is 2.69. The Hall–Kier alpha value is -1.69. The highest BCUT2D eigenvalue weighted by molar-refractivity contribution is 7.22. The van der Waals surface area contributed by atoms with Crippen molar-refractivity contribution in [3.05, 3.63) is 24.0 Å². The average molecular weight is 307 g/mol. The number of fused-ring (bicyclic) bond motifs is 1. The molecule has 1 fully saturated rings. The molecule has 0 atom stereocenters. The Labute approximate surface area is 127 Å². The van der Waals surface area contributed by atoms with Gasteiger partial charge < -0.3 is 10.2 Å². The van der Waals surface area contributed by atoms with Crippen LogP contribution < -0.4 is 10.2 Å². The van der Waals surface area contributed by atoms with E-state index in [1.807, 2.05) is 13.1 Å². The highest BCUT2D eigenvalue weighted by Gasteiger charge is 2.19. The van der Waals surface area contributed by atoms with Gasteiger partial charge in [-0.15, -0.1) is 0 Å². The van der Waals surface area contributed by atoms with E-state index >= 15 is 0 Å². The van der Waals surface area contributed by atoms with Crippen molar-refractivity contribution in [2.24, 2.45) is 0 Å². The minimum absolute atomic E-state index is 0.00382. The van der Waals surface area contributed by atoms with Crippen LogP contribution in [-0.2, 0) is 4.79 Å². The van der Waals surface area contributed by atoms with Crippen LogP contribution >= 0.6 is 11.3 Å². The molecule has 1 aliphatic rings. The number of thiazole rings is 1. The summed E-state index contributed by atoms with van der Waals surface area (Å²) < 4.78 is 14.4. The number of benzene rings is 1. The van der Waals surface area contributed by atoms with Crippen molar-refractivity contribution in [3.8, 4) is 0 Å². The van der Waals surface area contributed by atoms with Crippen LogP contribution in [0.5, 0.6) is 0 Å². The van der Waals surface area contributed by atoms with E-state index in [-0.39, 0.29) is 18.3 Å². The van der Waals surface area contributed by atoms with Gasteiger partial charge in [-0.05, 0) is 25.0 Å². The van der Waals surface area contributed by atoms with Gasteiger partial charge in [-0.1, -0.05) is 30.2 Å². The highest BCUT2D eigenvalue weighted by Crippen LogP contribution is 2.29. The van der Waals surface area contributed by atoms with Gasteiger partial charge in [-0.3, -0.25) is 4.79 Å². The van der Waals surface area contributed by atoms with E-state index in [2.05, 4.69) is 10.3 Å². The van der Waals surface area contributed by atoms with Crippen LogP contribution in [0.1, 0.15) is 25.7 Å². The van der Waals surface area contributed by atoms with Gasteiger partial charge in [-0.25, -0.2) is 9.37 Å². The van der Waals surface area contributed by atoms with Crippen molar-refractivity contribution in [1.82, 2.24) is 10.3 Å².